The van der Waals surface area contributed by atoms with E-state index >= 15 is 0 Å². The van der Waals surface area contributed by atoms with Crippen molar-refractivity contribution in [3.8, 4) is 17.2 Å². The molecule has 36 heavy (non-hydrogen) atoms. The van der Waals surface area contributed by atoms with Gasteiger partial charge < -0.3 is 29.0 Å². The molecule has 0 aliphatic carbocycles. The van der Waals surface area contributed by atoms with E-state index in [1.54, 1.807) is 43.5 Å². The van der Waals surface area contributed by atoms with E-state index in [1.807, 2.05) is 6.92 Å². The minimum atomic E-state index is -0.854. The highest BCUT2D eigenvalue weighted by Crippen LogP contribution is 2.45. The molecule has 1 atom stereocenters. The van der Waals surface area contributed by atoms with Crippen molar-refractivity contribution in [3.63, 3.8) is 0 Å². The van der Waals surface area contributed by atoms with E-state index in [-0.39, 0.29) is 17.9 Å². The van der Waals surface area contributed by atoms with Crippen LogP contribution in [-0.4, -0.2) is 62.8 Å². The van der Waals surface area contributed by atoms with E-state index < -0.39 is 17.7 Å². The second kappa shape index (κ2) is 12.4. The number of methoxy groups -OCH3 is 3. The number of ketones is 1. The molecule has 1 fully saturated rings. The van der Waals surface area contributed by atoms with Crippen LogP contribution in [0.5, 0.6) is 17.2 Å². The normalized spacial score (nSPS) is 16.9. The third-order valence-corrected chi connectivity index (χ3v) is 6.22. The average Bonchev–Trinajstić information content (AvgIpc) is 3.13. The molecule has 0 radical (unpaired) electrons. The van der Waals surface area contributed by atoms with Crippen LogP contribution < -0.4 is 14.2 Å². The zero-order valence-corrected chi connectivity index (χ0v) is 21.6. The third-order valence-electron chi connectivity index (χ3n) is 6.22. The first-order valence-electron chi connectivity index (χ1n) is 12.1. The summed E-state index contributed by atoms with van der Waals surface area (Å²) in [6, 6.07) is 9.64. The van der Waals surface area contributed by atoms with Gasteiger partial charge in [0.2, 0.25) is 0 Å². The molecular formula is C28H35NO7. The number of ether oxygens (including phenoxy) is 4. The zero-order chi connectivity index (χ0) is 26.2. The Morgan fingerprint density at radius 2 is 1.78 bits per heavy atom. The molecule has 2 aromatic carbocycles. The number of carbonyl (C=O) groups excluding carboxylic acids is 2. The highest BCUT2D eigenvalue weighted by Gasteiger charge is 2.47. The molecule has 0 saturated carbocycles. The quantitative estimate of drug-likeness (QED) is 0.197. The van der Waals surface area contributed by atoms with Crippen LogP contribution in [0.4, 0.5) is 0 Å². The maximum Gasteiger partial charge on any atom is 0.295 e. The summed E-state index contributed by atoms with van der Waals surface area (Å²) in [6.07, 6.45) is 2.49. The van der Waals surface area contributed by atoms with Crippen LogP contribution >= 0.6 is 0 Å². The van der Waals surface area contributed by atoms with Crippen molar-refractivity contribution in [1.82, 2.24) is 4.90 Å². The first-order chi connectivity index (χ1) is 17.4. The van der Waals surface area contributed by atoms with Gasteiger partial charge in [0.1, 0.15) is 11.5 Å². The van der Waals surface area contributed by atoms with Gasteiger partial charge in [0.05, 0.1) is 32.4 Å². The summed E-state index contributed by atoms with van der Waals surface area (Å²) in [6.45, 7) is 5.26. The fraction of sp³-hybridized carbons (Fsp3) is 0.429. The number of hydrogen-bond donors (Lipinski definition) is 1. The van der Waals surface area contributed by atoms with Crippen molar-refractivity contribution in [2.24, 2.45) is 0 Å². The van der Waals surface area contributed by atoms with E-state index in [0.717, 1.165) is 18.4 Å². The van der Waals surface area contributed by atoms with E-state index in [4.69, 9.17) is 18.9 Å². The largest absolute Gasteiger partial charge is 0.507 e. The molecule has 1 heterocycles. The van der Waals surface area contributed by atoms with Gasteiger partial charge in [0.25, 0.3) is 11.7 Å². The number of likely N-dealkylation sites (tertiary alicyclic amines) is 1. The lowest BCUT2D eigenvalue weighted by molar-refractivity contribution is -0.140. The molecule has 0 spiro atoms. The Bertz CT molecular complexity index is 1120. The number of aryl methyl sites for hydroxylation is 1. The summed E-state index contributed by atoms with van der Waals surface area (Å²) in [5, 5.41) is 11.4. The lowest BCUT2D eigenvalue weighted by Gasteiger charge is -2.27. The van der Waals surface area contributed by atoms with Gasteiger partial charge >= 0.3 is 0 Å². The highest BCUT2D eigenvalue weighted by atomic mass is 16.5. The molecule has 194 valence electrons. The number of aliphatic hydroxyl groups excluding tert-OH is 1. The second-order valence-electron chi connectivity index (χ2n) is 8.60. The summed E-state index contributed by atoms with van der Waals surface area (Å²) < 4.78 is 22.0. The molecule has 8 heteroatoms. The number of nitrogens with zero attached hydrogens (tertiary/aromatic N) is 1. The zero-order valence-electron chi connectivity index (χ0n) is 21.6. The van der Waals surface area contributed by atoms with Gasteiger partial charge in [0, 0.05) is 31.4 Å². The number of benzene rings is 2. The van der Waals surface area contributed by atoms with Crippen molar-refractivity contribution in [2.75, 3.05) is 41.1 Å². The Labute approximate surface area is 212 Å². The van der Waals surface area contributed by atoms with Crippen molar-refractivity contribution < 1.29 is 33.6 Å². The molecule has 0 unspecified atom stereocenters. The lowest BCUT2D eigenvalue weighted by atomic mass is 9.94. The second-order valence-corrected chi connectivity index (χ2v) is 8.60. The van der Waals surface area contributed by atoms with E-state index in [9.17, 15) is 14.7 Å². The number of Topliss-reactive ketones (excluding diaryl/α,β-unsaturated/α-hetero) is 1. The fourth-order valence-electron chi connectivity index (χ4n) is 4.38. The number of amides is 1. The maximum atomic E-state index is 13.3. The summed E-state index contributed by atoms with van der Waals surface area (Å²) >= 11 is 0. The van der Waals surface area contributed by atoms with E-state index in [0.29, 0.717) is 48.0 Å². The Balaban J connectivity index is 2.13. The smallest absolute Gasteiger partial charge is 0.295 e. The van der Waals surface area contributed by atoms with Crippen molar-refractivity contribution in [3.05, 3.63) is 58.7 Å². The van der Waals surface area contributed by atoms with Crippen LogP contribution in [0.3, 0.4) is 0 Å². The minimum absolute atomic E-state index is 0.00280. The van der Waals surface area contributed by atoms with E-state index in [1.165, 1.54) is 19.1 Å². The van der Waals surface area contributed by atoms with Crippen LogP contribution in [0, 0.1) is 6.92 Å². The fourth-order valence-corrected chi connectivity index (χ4v) is 4.38. The van der Waals surface area contributed by atoms with Crippen molar-refractivity contribution >= 4 is 17.4 Å². The summed E-state index contributed by atoms with van der Waals surface area (Å²) in [5.41, 5.74) is 1.80. The number of rotatable bonds is 12. The van der Waals surface area contributed by atoms with Gasteiger partial charge in [0.15, 0.2) is 11.5 Å². The molecule has 1 aliphatic heterocycles. The molecule has 0 aromatic heterocycles. The molecule has 2 aromatic rings. The molecule has 8 nitrogen and oxygen atoms in total. The van der Waals surface area contributed by atoms with Crippen LogP contribution in [-0.2, 0) is 14.3 Å². The molecule has 3 rings (SSSR count). The Kier molecular flexibility index (Phi) is 9.36. The predicted octanol–water partition coefficient (Wildman–Crippen LogP) is 4.65. The summed E-state index contributed by atoms with van der Waals surface area (Å²) in [5.74, 6) is -0.113. The molecule has 1 saturated heterocycles. The van der Waals surface area contributed by atoms with Crippen LogP contribution in [0.1, 0.15) is 48.9 Å². The van der Waals surface area contributed by atoms with Gasteiger partial charge in [-0.3, -0.25) is 9.59 Å². The average molecular weight is 498 g/mol. The number of hydrogen-bond acceptors (Lipinski definition) is 7. The third kappa shape index (κ3) is 5.49. The molecule has 1 amide bonds. The molecule has 1 aliphatic rings. The van der Waals surface area contributed by atoms with Crippen LogP contribution in [0.15, 0.2) is 42.0 Å². The minimum Gasteiger partial charge on any atom is -0.507 e. The van der Waals surface area contributed by atoms with Gasteiger partial charge in [-0.2, -0.15) is 0 Å². The number of aliphatic hydroxyl groups is 1. The summed E-state index contributed by atoms with van der Waals surface area (Å²) in [4.78, 5) is 27.9. The van der Waals surface area contributed by atoms with Crippen LogP contribution in [0.2, 0.25) is 0 Å². The Morgan fingerprint density at radius 1 is 1.00 bits per heavy atom. The van der Waals surface area contributed by atoms with E-state index in [2.05, 4.69) is 6.92 Å². The van der Waals surface area contributed by atoms with Crippen molar-refractivity contribution in [2.45, 2.75) is 39.2 Å². The molecule has 1 N–H and O–H groups in total. The van der Waals surface area contributed by atoms with Crippen molar-refractivity contribution in [1.29, 1.82) is 0 Å². The Hall–Kier alpha value is -3.52. The first-order valence-corrected chi connectivity index (χ1v) is 12.1. The lowest BCUT2D eigenvalue weighted by Crippen LogP contribution is -2.31. The SMILES string of the molecule is CCCCOc1ccc(/C(O)=C2\C(=O)C(=O)N(CCCOC)[C@H]2c2cccc(OC)c2OC)cc1C. The number of carbonyl (C=O) groups is 2. The first kappa shape index (κ1) is 27.1. The molecule has 0 bridgehead atoms. The number of unbranched alkanes of at least 4 members (excludes halogenated alkanes) is 1. The predicted molar refractivity (Wildman–Crippen MR) is 137 cm³/mol. The summed E-state index contributed by atoms with van der Waals surface area (Å²) in [7, 11) is 4.60. The van der Waals surface area contributed by atoms with Crippen LogP contribution in [0.25, 0.3) is 5.76 Å². The number of para-hydroxylation sites is 1. The van der Waals surface area contributed by atoms with Gasteiger partial charge in [-0.05, 0) is 49.6 Å². The topological polar surface area (TPSA) is 94.5 Å². The maximum absolute atomic E-state index is 13.3. The highest BCUT2D eigenvalue weighted by molar-refractivity contribution is 6.46. The monoisotopic (exact) mass is 497 g/mol. The molecular weight excluding hydrogens is 462 g/mol. The van der Waals surface area contributed by atoms with Gasteiger partial charge in [-0.1, -0.05) is 25.5 Å². The standard InChI is InChI=1S/C28H35NO7/c1-6-7-16-36-21-13-12-19(17-18(21)2)25(30)23-24(20-10-8-11-22(34-4)27(20)35-5)29(14-9-15-33-3)28(32)26(23)31/h8,10-13,17,24,30H,6-7,9,14-16H2,1-5H3/b25-23+/t24-/m0/s1. The van der Waals surface area contributed by atoms with Gasteiger partial charge in [-0.15, -0.1) is 0 Å². The Morgan fingerprint density at radius 3 is 2.42 bits per heavy atom. The van der Waals surface area contributed by atoms with Gasteiger partial charge in [-0.25, -0.2) is 0 Å².